The Balaban J connectivity index is 1.70. The number of primary sulfonamides is 1. The van der Waals surface area contributed by atoms with E-state index in [1.54, 1.807) is 67.6 Å². The van der Waals surface area contributed by atoms with Gasteiger partial charge in [0.25, 0.3) is 0 Å². The zero-order valence-electron chi connectivity index (χ0n) is 25.8. The summed E-state index contributed by atoms with van der Waals surface area (Å²) in [6.45, 7) is 11.9. The molecule has 0 spiro atoms. The molecule has 3 rings (SSSR count). The van der Waals surface area contributed by atoms with Crippen LogP contribution in [-0.2, 0) is 19.6 Å². The molecule has 0 bridgehead atoms. The van der Waals surface area contributed by atoms with Gasteiger partial charge in [-0.25, -0.2) is 18.4 Å². The lowest BCUT2D eigenvalue weighted by molar-refractivity contribution is -0.115. The summed E-state index contributed by atoms with van der Waals surface area (Å²) in [7, 11) is -3.90. The number of benzene rings is 3. The number of nitrogens with two attached hydrogens (primary N) is 1. The van der Waals surface area contributed by atoms with E-state index >= 15 is 0 Å². The summed E-state index contributed by atoms with van der Waals surface area (Å²) in [6.07, 6.45) is -1.14. The standard InChI is InChI=1S/C32H42N6O5S/c1-6-37(7-2)23(5)43-32(40)36-31(33)25-11-10-12-27(19-25)38(20-22(3)4)21-30(39)35-26-17-15-24(16-18-26)28-13-8-9-14-29(28)44(34,41)42/h8-19,22-23H,6-7,20-21H2,1-5H3,(H,35,39)(H2,33,36,40)(H2,34,41,42). The highest BCUT2D eigenvalue weighted by Crippen LogP contribution is 2.27. The number of hydrogen-bond acceptors (Lipinski definition) is 8. The second-order valence-electron chi connectivity index (χ2n) is 10.7. The molecule has 0 saturated heterocycles. The Hall–Kier alpha value is -4.26. The van der Waals surface area contributed by atoms with E-state index in [-0.39, 0.29) is 29.1 Å². The van der Waals surface area contributed by atoms with Gasteiger partial charge < -0.3 is 15.0 Å². The topological polar surface area (TPSA) is 158 Å². The van der Waals surface area contributed by atoms with Crippen LogP contribution in [0.25, 0.3) is 11.1 Å². The number of anilines is 2. The minimum absolute atomic E-state index is 0.0257. The molecule has 236 valence electrons. The van der Waals surface area contributed by atoms with Crippen molar-refractivity contribution >= 4 is 39.2 Å². The van der Waals surface area contributed by atoms with Crippen molar-refractivity contribution in [3.05, 3.63) is 78.4 Å². The number of rotatable bonds is 13. The van der Waals surface area contributed by atoms with Crippen molar-refractivity contribution in [2.24, 2.45) is 11.1 Å². The number of carbonyl (C=O) groups is 2. The zero-order valence-corrected chi connectivity index (χ0v) is 26.6. The van der Waals surface area contributed by atoms with Crippen LogP contribution in [-0.4, -0.2) is 63.6 Å². The minimum Gasteiger partial charge on any atom is -0.430 e. The smallest absolute Gasteiger partial charge is 0.414 e. The molecule has 3 aromatic rings. The first-order chi connectivity index (χ1) is 20.8. The number of nitrogens with one attached hydrogen (secondary N) is 3. The molecule has 0 heterocycles. The molecule has 0 saturated carbocycles. The molecule has 1 unspecified atom stereocenters. The van der Waals surface area contributed by atoms with Gasteiger partial charge in [-0.3, -0.25) is 20.4 Å². The fraction of sp³-hybridized carbons (Fsp3) is 0.344. The first kappa shape index (κ1) is 34.2. The van der Waals surface area contributed by atoms with Gasteiger partial charge in [0.05, 0.1) is 11.4 Å². The van der Waals surface area contributed by atoms with Crippen molar-refractivity contribution in [3.63, 3.8) is 0 Å². The van der Waals surface area contributed by atoms with E-state index in [1.807, 2.05) is 43.6 Å². The first-order valence-corrected chi connectivity index (χ1v) is 16.0. The Morgan fingerprint density at radius 3 is 2.23 bits per heavy atom. The lowest BCUT2D eigenvalue weighted by Gasteiger charge is -2.27. The Morgan fingerprint density at radius 1 is 0.955 bits per heavy atom. The molecule has 1 atom stereocenters. The molecule has 0 radical (unpaired) electrons. The maximum absolute atomic E-state index is 13.1. The van der Waals surface area contributed by atoms with Crippen LogP contribution in [0.1, 0.15) is 40.2 Å². The van der Waals surface area contributed by atoms with Crippen LogP contribution in [0.15, 0.2) is 77.7 Å². The largest absolute Gasteiger partial charge is 0.430 e. The van der Waals surface area contributed by atoms with E-state index in [2.05, 4.69) is 10.6 Å². The summed E-state index contributed by atoms with van der Waals surface area (Å²) in [5.41, 5.74) is 2.86. The fourth-order valence-electron chi connectivity index (χ4n) is 4.79. The number of alkyl carbamates (subject to hydrolysis) is 1. The van der Waals surface area contributed by atoms with E-state index < -0.39 is 22.3 Å². The van der Waals surface area contributed by atoms with Gasteiger partial charge in [0.2, 0.25) is 15.9 Å². The molecule has 0 fully saturated rings. The summed E-state index contributed by atoms with van der Waals surface area (Å²) in [5, 5.41) is 19.2. The second-order valence-corrected chi connectivity index (χ2v) is 12.2. The molecule has 2 amide bonds. The van der Waals surface area contributed by atoms with Crippen molar-refractivity contribution in [2.45, 2.75) is 45.7 Å². The average Bonchev–Trinajstić information content (AvgIpc) is 2.97. The molecule has 0 aromatic heterocycles. The highest BCUT2D eigenvalue weighted by atomic mass is 32.2. The van der Waals surface area contributed by atoms with Crippen LogP contribution in [0.5, 0.6) is 0 Å². The van der Waals surface area contributed by atoms with Crippen LogP contribution in [0.4, 0.5) is 16.2 Å². The molecule has 5 N–H and O–H groups in total. The van der Waals surface area contributed by atoms with E-state index in [1.165, 1.54) is 6.07 Å². The predicted molar refractivity (Wildman–Crippen MR) is 174 cm³/mol. The molecule has 11 nitrogen and oxygen atoms in total. The van der Waals surface area contributed by atoms with Gasteiger partial charge in [0, 0.05) is 29.0 Å². The van der Waals surface area contributed by atoms with Crippen molar-refractivity contribution in [1.29, 1.82) is 5.41 Å². The molecule has 12 heteroatoms. The summed E-state index contributed by atoms with van der Waals surface area (Å²) < 4.78 is 29.4. The van der Waals surface area contributed by atoms with Crippen molar-refractivity contribution < 1.29 is 22.7 Å². The Kier molecular flexibility index (Phi) is 12.0. The highest BCUT2D eigenvalue weighted by Gasteiger charge is 2.19. The highest BCUT2D eigenvalue weighted by molar-refractivity contribution is 7.89. The maximum atomic E-state index is 13.1. The minimum atomic E-state index is -3.90. The summed E-state index contributed by atoms with van der Waals surface area (Å²) in [5.74, 6) is -0.128. The Bertz CT molecular complexity index is 1560. The quantitative estimate of drug-likeness (QED) is 0.121. The number of amidine groups is 1. The van der Waals surface area contributed by atoms with Crippen LogP contribution in [0.3, 0.4) is 0 Å². The molecule has 0 aliphatic heterocycles. The number of carbonyl (C=O) groups excluding carboxylic acids is 2. The third kappa shape index (κ3) is 9.63. The number of amides is 2. The number of sulfonamides is 1. The third-order valence-electron chi connectivity index (χ3n) is 6.92. The van der Waals surface area contributed by atoms with Gasteiger partial charge in [-0.15, -0.1) is 0 Å². The number of hydrogen-bond donors (Lipinski definition) is 4. The van der Waals surface area contributed by atoms with E-state index in [9.17, 15) is 18.0 Å². The molecule has 3 aromatic carbocycles. The second kappa shape index (κ2) is 15.5. The number of nitrogens with zero attached hydrogens (tertiary/aromatic N) is 2. The summed E-state index contributed by atoms with van der Waals surface area (Å²) >= 11 is 0. The summed E-state index contributed by atoms with van der Waals surface area (Å²) in [4.78, 5) is 29.5. The van der Waals surface area contributed by atoms with Crippen LogP contribution in [0, 0.1) is 11.3 Å². The normalized spacial score (nSPS) is 12.1. The molecule has 0 aliphatic rings. The first-order valence-electron chi connectivity index (χ1n) is 14.5. The molecular formula is C32H42N6O5S. The van der Waals surface area contributed by atoms with E-state index in [4.69, 9.17) is 15.3 Å². The zero-order chi connectivity index (χ0) is 32.4. The molecular weight excluding hydrogens is 580 g/mol. The SMILES string of the molecule is CCN(CC)C(C)OC(=O)NC(=N)c1cccc(N(CC(=O)Nc2ccc(-c3ccccc3S(N)(=O)=O)cc2)CC(C)C)c1. The predicted octanol–water partition coefficient (Wildman–Crippen LogP) is 4.84. The van der Waals surface area contributed by atoms with Crippen molar-refractivity contribution in [1.82, 2.24) is 10.2 Å². The van der Waals surface area contributed by atoms with Crippen LogP contribution < -0.4 is 20.7 Å². The van der Waals surface area contributed by atoms with Gasteiger partial charge >= 0.3 is 6.09 Å². The molecule has 44 heavy (non-hydrogen) atoms. The Morgan fingerprint density at radius 2 is 1.61 bits per heavy atom. The average molecular weight is 623 g/mol. The lowest BCUT2D eigenvalue weighted by atomic mass is 10.1. The summed E-state index contributed by atoms with van der Waals surface area (Å²) in [6, 6.07) is 20.4. The van der Waals surface area contributed by atoms with Crippen molar-refractivity contribution in [3.8, 4) is 11.1 Å². The van der Waals surface area contributed by atoms with Gasteiger partial charge in [-0.1, -0.05) is 70.2 Å². The third-order valence-corrected chi connectivity index (χ3v) is 7.89. The Labute approximate surface area is 259 Å². The van der Waals surface area contributed by atoms with E-state index in [0.29, 0.717) is 28.9 Å². The van der Waals surface area contributed by atoms with Crippen molar-refractivity contribution in [2.75, 3.05) is 36.4 Å². The van der Waals surface area contributed by atoms with E-state index in [0.717, 1.165) is 18.8 Å². The van der Waals surface area contributed by atoms with Crippen LogP contribution in [0.2, 0.25) is 0 Å². The molecule has 0 aliphatic carbocycles. The van der Waals surface area contributed by atoms with Gasteiger partial charge in [-0.05, 0) is 61.8 Å². The maximum Gasteiger partial charge on any atom is 0.414 e. The van der Waals surface area contributed by atoms with Gasteiger partial charge in [-0.2, -0.15) is 0 Å². The van der Waals surface area contributed by atoms with Gasteiger partial charge in [0.15, 0.2) is 6.23 Å². The van der Waals surface area contributed by atoms with Gasteiger partial charge in [0.1, 0.15) is 5.84 Å². The van der Waals surface area contributed by atoms with Crippen LogP contribution >= 0.6 is 0 Å². The monoisotopic (exact) mass is 622 g/mol. The number of ether oxygens (including phenoxy) is 1. The lowest BCUT2D eigenvalue weighted by Crippen LogP contribution is -2.40. The fourth-order valence-corrected chi connectivity index (χ4v) is 5.55.